The first-order valence-corrected chi connectivity index (χ1v) is 12.2. The summed E-state index contributed by atoms with van der Waals surface area (Å²) in [5, 5.41) is 7.99. The number of hydrogen-bond donors (Lipinski definition) is 2. The molecule has 0 spiro atoms. The number of H-pyrrole nitrogens is 1. The molecule has 6 rings (SSSR count). The number of hydrogen-bond acceptors (Lipinski definition) is 5. The van der Waals surface area contributed by atoms with Gasteiger partial charge in [0.25, 0.3) is 0 Å². The van der Waals surface area contributed by atoms with Crippen LogP contribution in [-0.4, -0.2) is 55.8 Å². The van der Waals surface area contributed by atoms with Crippen LogP contribution in [0.5, 0.6) is 0 Å². The van der Waals surface area contributed by atoms with E-state index in [1.165, 1.54) is 30.4 Å². The summed E-state index contributed by atoms with van der Waals surface area (Å²) in [6.07, 6.45) is 10.8. The predicted octanol–water partition coefficient (Wildman–Crippen LogP) is 3.62. The second-order valence-electron chi connectivity index (χ2n) is 9.52. The van der Waals surface area contributed by atoms with Crippen molar-refractivity contribution < 1.29 is 0 Å². The second-order valence-corrected chi connectivity index (χ2v) is 9.52. The van der Waals surface area contributed by atoms with Crippen LogP contribution in [0.4, 0.5) is 0 Å². The topological polar surface area (TPSA) is 74.7 Å². The van der Waals surface area contributed by atoms with Crippen molar-refractivity contribution in [1.29, 1.82) is 0 Å². The number of pyridine rings is 1. The van der Waals surface area contributed by atoms with E-state index >= 15 is 0 Å². The van der Waals surface area contributed by atoms with Crippen LogP contribution in [0.25, 0.3) is 22.2 Å². The Labute approximate surface area is 194 Å². The van der Waals surface area contributed by atoms with Crippen molar-refractivity contribution >= 4 is 11.0 Å². The van der Waals surface area contributed by atoms with Gasteiger partial charge in [-0.3, -0.25) is 14.6 Å². The zero-order valence-electron chi connectivity index (χ0n) is 19.0. The molecule has 7 nitrogen and oxygen atoms in total. The van der Waals surface area contributed by atoms with Gasteiger partial charge in [0.1, 0.15) is 5.82 Å². The molecule has 1 saturated heterocycles. The molecule has 170 valence electrons. The smallest absolute Gasteiger partial charge is 0.113 e. The highest BCUT2D eigenvalue weighted by atomic mass is 15.3. The zero-order chi connectivity index (χ0) is 22.0. The summed E-state index contributed by atoms with van der Waals surface area (Å²) in [6.45, 7) is 6.36. The third-order valence-corrected chi connectivity index (χ3v) is 7.01. The van der Waals surface area contributed by atoms with Gasteiger partial charge in [-0.1, -0.05) is 12.5 Å². The summed E-state index contributed by atoms with van der Waals surface area (Å²) in [5.41, 5.74) is 6.76. The maximum Gasteiger partial charge on any atom is 0.113 e. The predicted molar refractivity (Wildman–Crippen MR) is 130 cm³/mol. The number of imidazole rings is 1. The molecular formula is C26H31N7. The lowest BCUT2D eigenvalue weighted by atomic mass is 9.85. The molecule has 1 aliphatic carbocycles. The van der Waals surface area contributed by atoms with Crippen LogP contribution >= 0.6 is 0 Å². The SMILES string of the molecule is c1cc(CN2CCNCC2)cc(Cc2nc3ccc(-c4cnn(CC5CCC5)c4)cc3[nH]2)n1. The first-order chi connectivity index (χ1) is 16.3. The molecule has 4 heterocycles. The zero-order valence-corrected chi connectivity index (χ0v) is 19.0. The molecule has 0 bridgehead atoms. The van der Waals surface area contributed by atoms with Crippen molar-refractivity contribution in [3.05, 3.63) is 66.0 Å². The van der Waals surface area contributed by atoms with Gasteiger partial charge in [-0.2, -0.15) is 5.10 Å². The van der Waals surface area contributed by atoms with Crippen molar-refractivity contribution in [1.82, 2.24) is 34.9 Å². The van der Waals surface area contributed by atoms with Crippen LogP contribution in [0.15, 0.2) is 48.9 Å². The quantitative estimate of drug-likeness (QED) is 0.458. The van der Waals surface area contributed by atoms with Crippen LogP contribution in [0.2, 0.25) is 0 Å². The first-order valence-electron chi connectivity index (χ1n) is 12.2. The largest absolute Gasteiger partial charge is 0.342 e. The fourth-order valence-electron chi connectivity index (χ4n) is 4.90. The van der Waals surface area contributed by atoms with Crippen molar-refractivity contribution in [2.24, 2.45) is 5.92 Å². The molecule has 1 saturated carbocycles. The Balaban J connectivity index is 1.16. The minimum Gasteiger partial charge on any atom is -0.342 e. The van der Waals surface area contributed by atoms with E-state index in [-0.39, 0.29) is 0 Å². The van der Waals surface area contributed by atoms with Crippen molar-refractivity contribution in [3.63, 3.8) is 0 Å². The van der Waals surface area contributed by atoms with Crippen LogP contribution in [0.1, 0.15) is 36.3 Å². The van der Waals surface area contributed by atoms with Crippen molar-refractivity contribution in [3.8, 4) is 11.1 Å². The van der Waals surface area contributed by atoms with Gasteiger partial charge >= 0.3 is 0 Å². The number of fused-ring (bicyclic) bond motifs is 1. The molecule has 2 aliphatic rings. The van der Waals surface area contributed by atoms with E-state index in [4.69, 9.17) is 4.98 Å². The van der Waals surface area contributed by atoms with Crippen LogP contribution < -0.4 is 5.32 Å². The number of nitrogens with one attached hydrogen (secondary N) is 2. The van der Waals surface area contributed by atoms with Gasteiger partial charge in [-0.15, -0.1) is 0 Å². The number of benzene rings is 1. The Bertz CT molecular complexity index is 1230. The molecule has 0 amide bonds. The Kier molecular flexibility index (Phi) is 5.66. The van der Waals surface area contributed by atoms with E-state index in [1.54, 1.807) is 0 Å². The second kappa shape index (κ2) is 9.08. The molecular weight excluding hydrogens is 410 g/mol. The highest BCUT2D eigenvalue weighted by Crippen LogP contribution is 2.29. The Morgan fingerprint density at radius 3 is 2.79 bits per heavy atom. The van der Waals surface area contributed by atoms with E-state index in [0.717, 1.165) is 73.3 Å². The lowest BCUT2D eigenvalue weighted by Crippen LogP contribution is -2.42. The van der Waals surface area contributed by atoms with Gasteiger partial charge < -0.3 is 10.3 Å². The highest BCUT2D eigenvalue weighted by molar-refractivity contribution is 5.81. The Hall–Kier alpha value is -3.03. The molecule has 1 aliphatic heterocycles. The van der Waals surface area contributed by atoms with E-state index in [1.807, 2.05) is 12.4 Å². The van der Waals surface area contributed by atoms with Gasteiger partial charge in [0.05, 0.1) is 17.2 Å². The number of nitrogens with zero attached hydrogens (tertiary/aromatic N) is 5. The lowest BCUT2D eigenvalue weighted by Gasteiger charge is -2.27. The number of rotatable bonds is 7. The molecule has 7 heteroatoms. The van der Waals surface area contributed by atoms with E-state index in [2.05, 4.69) is 66.5 Å². The van der Waals surface area contributed by atoms with E-state index < -0.39 is 0 Å². The summed E-state index contributed by atoms with van der Waals surface area (Å²) >= 11 is 0. The summed E-state index contributed by atoms with van der Waals surface area (Å²) in [7, 11) is 0. The van der Waals surface area contributed by atoms with Gasteiger partial charge in [0.2, 0.25) is 0 Å². The molecule has 0 unspecified atom stereocenters. The fraction of sp³-hybridized carbons (Fsp3) is 0.423. The summed E-state index contributed by atoms with van der Waals surface area (Å²) in [4.78, 5) is 15.4. The normalized spacial score (nSPS) is 17.5. The molecule has 2 N–H and O–H groups in total. The maximum atomic E-state index is 4.82. The van der Waals surface area contributed by atoms with Crippen LogP contribution in [0.3, 0.4) is 0 Å². The van der Waals surface area contributed by atoms with Gasteiger partial charge in [0, 0.05) is 69.3 Å². The maximum absolute atomic E-state index is 4.82. The van der Waals surface area contributed by atoms with Gasteiger partial charge in [-0.25, -0.2) is 4.98 Å². The molecule has 4 aromatic rings. The van der Waals surface area contributed by atoms with Gasteiger partial charge in [0.15, 0.2) is 0 Å². The number of aromatic amines is 1. The van der Waals surface area contributed by atoms with E-state index in [0.29, 0.717) is 6.42 Å². The molecule has 0 radical (unpaired) electrons. The molecule has 1 aromatic carbocycles. The molecule has 33 heavy (non-hydrogen) atoms. The molecule has 0 atom stereocenters. The standard InChI is InChI=1S/C26H31N7/c1-2-19(3-1)17-33-18-22(15-29-33)21-4-5-24-25(13-21)31-26(30-24)14-23-12-20(6-7-28-23)16-32-10-8-27-9-11-32/h4-7,12-13,15,18-19,27H,1-3,8-11,14,16-17H2,(H,30,31). The summed E-state index contributed by atoms with van der Waals surface area (Å²) < 4.78 is 2.10. The number of piperazine rings is 1. The monoisotopic (exact) mass is 441 g/mol. The van der Waals surface area contributed by atoms with Crippen molar-refractivity contribution in [2.45, 2.75) is 38.8 Å². The minimum absolute atomic E-state index is 0.707. The summed E-state index contributed by atoms with van der Waals surface area (Å²) in [6, 6.07) is 10.8. The Morgan fingerprint density at radius 1 is 1.03 bits per heavy atom. The average Bonchev–Trinajstić information content (AvgIpc) is 3.43. The summed E-state index contributed by atoms with van der Waals surface area (Å²) in [5.74, 6) is 1.76. The first kappa shape index (κ1) is 20.6. The van der Waals surface area contributed by atoms with Crippen molar-refractivity contribution in [2.75, 3.05) is 26.2 Å². The third kappa shape index (κ3) is 4.70. The van der Waals surface area contributed by atoms with Gasteiger partial charge in [-0.05, 0) is 54.2 Å². The molecule has 2 fully saturated rings. The Morgan fingerprint density at radius 2 is 1.94 bits per heavy atom. The van der Waals surface area contributed by atoms with Crippen LogP contribution in [-0.2, 0) is 19.5 Å². The molecule has 3 aromatic heterocycles. The highest BCUT2D eigenvalue weighted by Gasteiger charge is 2.18. The van der Waals surface area contributed by atoms with E-state index in [9.17, 15) is 0 Å². The third-order valence-electron chi connectivity index (χ3n) is 7.01. The minimum atomic E-state index is 0.707. The fourth-order valence-corrected chi connectivity index (χ4v) is 4.90. The average molecular weight is 442 g/mol. The van der Waals surface area contributed by atoms with Crippen LogP contribution in [0, 0.1) is 5.92 Å². The number of aromatic nitrogens is 5. The lowest BCUT2D eigenvalue weighted by molar-refractivity contribution is 0.233.